The monoisotopic (exact) mass is 814 g/mol. The van der Waals surface area contributed by atoms with Crippen molar-refractivity contribution in [1.82, 2.24) is 14.5 Å². The number of aromatic nitrogens is 2. The first-order chi connectivity index (χ1) is 28.7. The summed E-state index contributed by atoms with van der Waals surface area (Å²) in [6, 6.07) is 15.9. The molecular weight excluding hydrogens is 769 g/mol. The second-order valence-corrected chi connectivity index (χ2v) is 15.9. The van der Waals surface area contributed by atoms with E-state index in [-0.39, 0.29) is 58.7 Å². The van der Waals surface area contributed by atoms with E-state index >= 15 is 0 Å². The van der Waals surface area contributed by atoms with Gasteiger partial charge in [0, 0.05) is 35.7 Å². The first-order valence-corrected chi connectivity index (χ1v) is 20.1. The van der Waals surface area contributed by atoms with E-state index < -0.39 is 24.2 Å². The Morgan fingerprint density at radius 3 is 2.43 bits per heavy atom. The Hall–Kier alpha value is -6.74. The fraction of sp³-hybridized carbons (Fsp3) is 0.333. The summed E-state index contributed by atoms with van der Waals surface area (Å²) >= 11 is 0. The van der Waals surface area contributed by atoms with Crippen LogP contribution in [0.3, 0.4) is 0 Å². The van der Waals surface area contributed by atoms with E-state index in [1.165, 1.54) is 12.1 Å². The van der Waals surface area contributed by atoms with Gasteiger partial charge >= 0.3 is 18.1 Å². The molecule has 5 heterocycles. The summed E-state index contributed by atoms with van der Waals surface area (Å²) in [5, 5.41) is 40.8. The topological polar surface area (TPSA) is 222 Å². The molecule has 3 aliphatic heterocycles. The van der Waals surface area contributed by atoms with Crippen LogP contribution in [0.1, 0.15) is 91.0 Å². The highest BCUT2D eigenvalue weighted by atomic mass is 16.6. The number of likely N-dealkylation sites (tertiary alicyclic amines) is 1. The molecule has 2 aromatic heterocycles. The lowest BCUT2D eigenvalue weighted by molar-refractivity contribution is -0.157. The van der Waals surface area contributed by atoms with E-state index in [9.17, 15) is 34.5 Å². The molecule has 60 heavy (non-hydrogen) atoms. The number of primary amides is 1. The third-order valence-electron chi connectivity index (χ3n) is 12.0. The number of carbonyl (C=O) groups excluding carboxylic acids is 3. The van der Waals surface area contributed by atoms with E-state index in [1.54, 1.807) is 39.8 Å². The van der Waals surface area contributed by atoms with Crippen LogP contribution in [-0.4, -0.2) is 66.8 Å². The van der Waals surface area contributed by atoms with Crippen molar-refractivity contribution in [3.8, 4) is 28.6 Å². The summed E-state index contributed by atoms with van der Waals surface area (Å²) < 4.78 is 12.5. The average molecular weight is 815 g/mol. The van der Waals surface area contributed by atoms with Crippen molar-refractivity contribution in [2.24, 2.45) is 11.7 Å². The summed E-state index contributed by atoms with van der Waals surface area (Å²) in [5.41, 5.74) is 11.5. The number of urea groups is 1. The largest absolute Gasteiger partial charge is 0.508 e. The molecule has 15 heteroatoms. The van der Waals surface area contributed by atoms with Gasteiger partial charge in [-0.1, -0.05) is 32.9 Å². The molecule has 1 unspecified atom stereocenters. The molecule has 3 amide bonds. The predicted octanol–water partition coefficient (Wildman–Crippen LogP) is 6.37. The minimum absolute atomic E-state index is 0.0728. The number of fused-ring (bicyclic) bond motifs is 5. The molecule has 0 bridgehead atoms. The number of rotatable bonds is 8. The molecule has 8 rings (SSSR count). The molecule has 1 saturated heterocycles. The number of pyridine rings is 2. The molecule has 0 aliphatic carbocycles. The second kappa shape index (κ2) is 15.8. The van der Waals surface area contributed by atoms with Gasteiger partial charge in [0.25, 0.3) is 5.56 Å². The van der Waals surface area contributed by atoms with Crippen LogP contribution in [0.2, 0.25) is 0 Å². The molecule has 1 fully saturated rings. The fourth-order valence-corrected chi connectivity index (χ4v) is 8.64. The van der Waals surface area contributed by atoms with Gasteiger partial charge < -0.3 is 40.0 Å². The van der Waals surface area contributed by atoms with Gasteiger partial charge in [-0.15, -0.1) is 0 Å². The number of amides is 3. The number of nitrogens with zero attached hydrogens (tertiary/aromatic N) is 4. The number of nitrogens with one attached hydrogen (secondary N) is 1. The zero-order chi connectivity index (χ0) is 42.6. The van der Waals surface area contributed by atoms with Crippen molar-refractivity contribution >= 4 is 40.5 Å². The lowest BCUT2D eigenvalue weighted by Crippen LogP contribution is -2.41. The zero-order valence-corrected chi connectivity index (χ0v) is 33.5. The number of ether oxygens (including phenoxy) is 2. The SMILES string of the molecule is CCc1c2c(nc3ccc(OC(=O)N4CCC(CCc5ccc(N(C(=N)c6cc(C(C)C)c(O)cc6O)C(N)=O)cc5)CC4)cc13)-c1cc3c(c(=O)n1C2)COC(=O)C3O. The van der Waals surface area contributed by atoms with Crippen LogP contribution in [0.5, 0.6) is 17.2 Å². The number of hydrogen-bond acceptors (Lipinski definition) is 11. The van der Waals surface area contributed by atoms with Crippen molar-refractivity contribution < 1.29 is 39.2 Å². The number of carbonyl (C=O) groups is 3. The minimum Gasteiger partial charge on any atom is -0.508 e. The minimum atomic E-state index is -1.53. The van der Waals surface area contributed by atoms with Gasteiger partial charge in [-0.05, 0) is 103 Å². The summed E-state index contributed by atoms with van der Waals surface area (Å²) in [6.07, 6.45) is 1.95. The third kappa shape index (κ3) is 7.18. The Bertz CT molecular complexity index is 2650. The van der Waals surface area contributed by atoms with Gasteiger partial charge in [-0.3, -0.25) is 10.2 Å². The number of hydrogen-bond donors (Lipinski definition) is 5. The summed E-state index contributed by atoms with van der Waals surface area (Å²) in [4.78, 5) is 59.0. The molecule has 0 saturated carbocycles. The van der Waals surface area contributed by atoms with Crippen LogP contribution in [0, 0.1) is 11.3 Å². The quantitative estimate of drug-likeness (QED) is 0.0649. The Kier molecular flexibility index (Phi) is 10.5. The van der Waals surface area contributed by atoms with Crippen molar-refractivity contribution in [3.63, 3.8) is 0 Å². The van der Waals surface area contributed by atoms with Gasteiger partial charge in [0.05, 0.1) is 40.3 Å². The average Bonchev–Trinajstić information content (AvgIpc) is 3.59. The molecule has 15 nitrogen and oxygen atoms in total. The first-order valence-electron chi connectivity index (χ1n) is 20.1. The maximum atomic E-state index is 13.4. The number of anilines is 1. The van der Waals surface area contributed by atoms with Crippen LogP contribution in [-0.2, 0) is 35.5 Å². The van der Waals surface area contributed by atoms with Gasteiger partial charge in [0.15, 0.2) is 6.10 Å². The second-order valence-electron chi connectivity index (χ2n) is 15.9. The number of amidine groups is 1. The maximum absolute atomic E-state index is 13.4. The lowest BCUT2D eigenvalue weighted by Gasteiger charge is -2.31. The maximum Gasteiger partial charge on any atom is 0.415 e. The summed E-state index contributed by atoms with van der Waals surface area (Å²) in [5.74, 6) is -0.836. The highest BCUT2D eigenvalue weighted by Gasteiger charge is 2.35. The molecule has 5 aromatic rings. The van der Waals surface area contributed by atoms with Crippen molar-refractivity contribution in [1.29, 1.82) is 5.41 Å². The van der Waals surface area contributed by atoms with Crippen LogP contribution >= 0.6 is 0 Å². The number of esters is 1. The number of aromatic hydroxyl groups is 2. The number of phenolic OH excluding ortho intramolecular Hbond substituents is 2. The smallest absolute Gasteiger partial charge is 0.415 e. The van der Waals surface area contributed by atoms with E-state index in [2.05, 4.69) is 0 Å². The van der Waals surface area contributed by atoms with Gasteiger partial charge in [-0.25, -0.2) is 24.3 Å². The zero-order valence-electron chi connectivity index (χ0n) is 33.5. The molecule has 3 aromatic carbocycles. The van der Waals surface area contributed by atoms with Crippen LogP contribution in [0.15, 0.2) is 65.5 Å². The standard InChI is InChI=1S/C45H46N6O9/c1-4-28-30-17-27(11-12-35(30)48-39-33(28)21-50-36(39)19-31-34(42(50)55)22-59-43(56)40(31)54)60-45(58)49-15-13-25(14-16-49)6-5-24-7-9-26(10-8-24)51(44(47)57)41(46)32-18-29(23(2)3)37(52)20-38(32)53/h7-12,17-20,23,25,40,46,52-54H,4-6,13-16,21-22H2,1-3H3,(H2,47,57). The molecule has 1 atom stereocenters. The van der Waals surface area contributed by atoms with E-state index in [4.69, 9.17) is 25.6 Å². The summed E-state index contributed by atoms with van der Waals surface area (Å²) in [6.45, 7) is 6.94. The molecule has 6 N–H and O–H groups in total. The fourth-order valence-electron chi connectivity index (χ4n) is 8.64. The normalized spacial score (nSPS) is 16.0. The molecule has 0 spiro atoms. The lowest BCUT2D eigenvalue weighted by atomic mass is 9.90. The molecular formula is C45H46N6O9. The Labute approximate surface area is 345 Å². The number of aliphatic hydroxyl groups is 1. The Morgan fingerprint density at radius 1 is 1.02 bits per heavy atom. The van der Waals surface area contributed by atoms with Crippen molar-refractivity contribution in [2.45, 2.75) is 78.0 Å². The number of benzene rings is 3. The molecule has 310 valence electrons. The van der Waals surface area contributed by atoms with E-state index in [0.717, 1.165) is 52.7 Å². The number of piperidine rings is 1. The number of aliphatic hydroxyl groups excluding tert-OH is 1. The Balaban J connectivity index is 0.885. The van der Waals surface area contributed by atoms with E-state index in [0.29, 0.717) is 59.3 Å². The van der Waals surface area contributed by atoms with Gasteiger partial charge in [-0.2, -0.15) is 0 Å². The van der Waals surface area contributed by atoms with Crippen molar-refractivity contribution in [2.75, 3.05) is 18.0 Å². The van der Waals surface area contributed by atoms with Crippen molar-refractivity contribution in [3.05, 3.63) is 110 Å². The van der Waals surface area contributed by atoms with Crippen LogP contribution in [0.4, 0.5) is 15.3 Å². The van der Waals surface area contributed by atoms with Crippen LogP contribution < -0.4 is 20.9 Å². The summed E-state index contributed by atoms with van der Waals surface area (Å²) in [7, 11) is 0. The molecule has 0 radical (unpaired) electrons. The number of phenols is 2. The number of aryl methyl sites for hydroxylation is 2. The molecule has 3 aliphatic rings. The van der Waals surface area contributed by atoms with Gasteiger partial charge in [0.2, 0.25) is 0 Å². The highest BCUT2D eigenvalue weighted by molar-refractivity contribution is 6.22. The predicted molar refractivity (Wildman–Crippen MR) is 223 cm³/mol. The number of cyclic esters (lactones) is 1. The van der Waals surface area contributed by atoms with Gasteiger partial charge in [0.1, 0.15) is 29.7 Å². The van der Waals surface area contributed by atoms with E-state index in [1.807, 2.05) is 39.0 Å². The highest BCUT2D eigenvalue weighted by Crippen LogP contribution is 2.39. The Morgan fingerprint density at radius 2 is 1.75 bits per heavy atom. The first kappa shape index (κ1) is 40.1. The third-order valence-corrected chi connectivity index (χ3v) is 12.0. The number of nitrogens with two attached hydrogens (primary N) is 1. The van der Waals surface area contributed by atoms with Crippen LogP contribution in [0.25, 0.3) is 22.3 Å².